The Morgan fingerprint density at radius 3 is 2.29 bits per heavy atom. The molecule has 0 unspecified atom stereocenters. The largest absolute Gasteiger partial charge is 0.489 e. The van der Waals surface area contributed by atoms with Crippen molar-refractivity contribution < 1.29 is 23.8 Å². The highest BCUT2D eigenvalue weighted by atomic mass is 19.1. The minimum absolute atomic E-state index is 0.0978. The molecular formula is C15H12FNO4. The summed E-state index contributed by atoms with van der Waals surface area (Å²) in [6, 6.07) is 9.47. The maximum absolute atomic E-state index is 13.6. The number of ether oxygens (including phenoxy) is 1. The lowest BCUT2D eigenvalue weighted by molar-refractivity contribution is 0.0696. The highest BCUT2D eigenvalue weighted by molar-refractivity contribution is 5.92. The van der Waals surface area contributed by atoms with Gasteiger partial charge >= 0.3 is 5.97 Å². The number of amides is 1. The Bertz CT molecular complexity index is 683. The third-order valence-electron chi connectivity index (χ3n) is 2.83. The van der Waals surface area contributed by atoms with Crippen LogP contribution in [0.1, 0.15) is 26.3 Å². The molecule has 6 heteroatoms. The zero-order valence-electron chi connectivity index (χ0n) is 10.9. The van der Waals surface area contributed by atoms with Crippen LogP contribution in [0.5, 0.6) is 5.75 Å². The van der Waals surface area contributed by atoms with E-state index in [9.17, 15) is 14.0 Å². The monoisotopic (exact) mass is 289 g/mol. The van der Waals surface area contributed by atoms with Crippen LogP contribution in [0.2, 0.25) is 0 Å². The molecule has 0 aliphatic carbocycles. The normalized spacial score (nSPS) is 10.1. The first-order chi connectivity index (χ1) is 9.97. The quantitative estimate of drug-likeness (QED) is 0.883. The lowest BCUT2D eigenvalue weighted by atomic mass is 10.1. The molecule has 2 aromatic rings. The highest BCUT2D eigenvalue weighted by Crippen LogP contribution is 2.16. The number of halogens is 1. The summed E-state index contributed by atoms with van der Waals surface area (Å²) in [4.78, 5) is 21.7. The lowest BCUT2D eigenvalue weighted by Gasteiger charge is -2.08. The van der Waals surface area contributed by atoms with E-state index in [1.54, 1.807) is 0 Å². The molecule has 2 aromatic carbocycles. The Balaban J connectivity index is 2.10. The average molecular weight is 289 g/mol. The first kappa shape index (κ1) is 14.5. The number of benzene rings is 2. The van der Waals surface area contributed by atoms with E-state index in [1.165, 1.54) is 36.4 Å². The van der Waals surface area contributed by atoms with E-state index in [2.05, 4.69) is 0 Å². The molecule has 108 valence electrons. The fourth-order valence-corrected chi connectivity index (χ4v) is 1.69. The van der Waals surface area contributed by atoms with E-state index in [0.29, 0.717) is 5.75 Å². The van der Waals surface area contributed by atoms with Gasteiger partial charge in [0.15, 0.2) is 0 Å². The van der Waals surface area contributed by atoms with Gasteiger partial charge in [0.05, 0.1) is 5.56 Å². The predicted octanol–water partition coefficient (Wildman–Crippen LogP) is 2.20. The second kappa shape index (κ2) is 6.04. The van der Waals surface area contributed by atoms with Crippen molar-refractivity contribution in [2.24, 2.45) is 5.73 Å². The number of aromatic carboxylic acids is 1. The summed E-state index contributed by atoms with van der Waals surface area (Å²) in [6.07, 6.45) is 0. The van der Waals surface area contributed by atoms with Crippen LogP contribution in [-0.2, 0) is 6.61 Å². The van der Waals surface area contributed by atoms with Crippen molar-refractivity contribution in [3.63, 3.8) is 0 Å². The molecule has 0 fully saturated rings. The lowest BCUT2D eigenvalue weighted by Crippen LogP contribution is -2.12. The summed E-state index contributed by atoms with van der Waals surface area (Å²) in [7, 11) is 0. The van der Waals surface area contributed by atoms with Crippen molar-refractivity contribution in [1.82, 2.24) is 0 Å². The number of carboxylic acid groups (broad SMARTS) is 1. The molecule has 5 nitrogen and oxygen atoms in total. The van der Waals surface area contributed by atoms with Gasteiger partial charge in [0.1, 0.15) is 18.2 Å². The summed E-state index contributed by atoms with van der Waals surface area (Å²) < 4.78 is 19.0. The van der Waals surface area contributed by atoms with Gasteiger partial charge in [0, 0.05) is 11.1 Å². The first-order valence-corrected chi connectivity index (χ1v) is 6.02. The Labute approximate surface area is 119 Å². The molecule has 0 spiro atoms. The van der Waals surface area contributed by atoms with Gasteiger partial charge in [0.25, 0.3) is 0 Å². The van der Waals surface area contributed by atoms with Gasteiger partial charge in [0.2, 0.25) is 5.91 Å². The predicted molar refractivity (Wildman–Crippen MR) is 72.7 cm³/mol. The minimum Gasteiger partial charge on any atom is -0.489 e. The fourth-order valence-electron chi connectivity index (χ4n) is 1.69. The zero-order valence-corrected chi connectivity index (χ0v) is 10.9. The van der Waals surface area contributed by atoms with Gasteiger partial charge in [-0.3, -0.25) is 4.79 Å². The van der Waals surface area contributed by atoms with Crippen LogP contribution in [-0.4, -0.2) is 17.0 Å². The van der Waals surface area contributed by atoms with Crippen LogP contribution in [0.15, 0.2) is 42.5 Å². The molecule has 0 bridgehead atoms. The van der Waals surface area contributed by atoms with Gasteiger partial charge in [-0.1, -0.05) is 0 Å². The van der Waals surface area contributed by atoms with E-state index in [4.69, 9.17) is 15.6 Å². The van der Waals surface area contributed by atoms with Crippen LogP contribution in [0.25, 0.3) is 0 Å². The van der Waals surface area contributed by atoms with Crippen molar-refractivity contribution in [3.05, 3.63) is 65.0 Å². The fraction of sp³-hybridized carbons (Fsp3) is 0.0667. The van der Waals surface area contributed by atoms with E-state index >= 15 is 0 Å². The summed E-state index contributed by atoms with van der Waals surface area (Å²) >= 11 is 0. The van der Waals surface area contributed by atoms with Crippen LogP contribution in [0, 0.1) is 5.82 Å². The van der Waals surface area contributed by atoms with Crippen molar-refractivity contribution in [3.8, 4) is 5.75 Å². The Hall–Kier alpha value is -2.89. The molecule has 0 radical (unpaired) electrons. The molecule has 0 aliphatic rings. The Kier molecular flexibility index (Phi) is 4.18. The highest BCUT2D eigenvalue weighted by Gasteiger charge is 2.08. The molecule has 3 N–H and O–H groups in total. The number of hydrogen-bond donors (Lipinski definition) is 2. The molecule has 21 heavy (non-hydrogen) atoms. The maximum atomic E-state index is 13.6. The van der Waals surface area contributed by atoms with Crippen LogP contribution in [0.4, 0.5) is 4.39 Å². The number of primary amides is 1. The van der Waals surface area contributed by atoms with E-state index in [-0.39, 0.29) is 23.3 Å². The molecule has 0 aliphatic heterocycles. The minimum atomic E-state index is -1.04. The molecule has 0 saturated heterocycles. The van der Waals surface area contributed by atoms with E-state index < -0.39 is 17.7 Å². The van der Waals surface area contributed by atoms with Crippen LogP contribution in [0.3, 0.4) is 0 Å². The summed E-state index contributed by atoms with van der Waals surface area (Å²) in [5.41, 5.74) is 5.64. The Morgan fingerprint density at radius 1 is 1.10 bits per heavy atom. The topological polar surface area (TPSA) is 89.6 Å². The van der Waals surface area contributed by atoms with Crippen LogP contribution >= 0.6 is 0 Å². The zero-order chi connectivity index (χ0) is 15.4. The summed E-state index contributed by atoms with van der Waals surface area (Å²) in [5.74, 6) is -1.81. The van der Waals surface area contributed by atoms with Crippen LogP contribution < -0.4 is 10.5 Å². The van der Waals surface area contributed by atoms with Gasteiger partial charge in [-0.2, -0.15) is 0 Å². The maximum Gasteiger partial charge on any atom is 0.335 e. The van der Waals surface area contributed by atoms with Crippen molar-refractivity contribution in [1.29, 1.82) is 0 Å². The van der Waals surface area contributed by atoms with Crippen molar-refractivity contribution in [2.75, 3.05) is 0 Å². The molecule has 0 aromatic heterocycles. The number of carbonyl (C=O) groups excluding carboxylic acids is 1. The standard InChI is InChI=1S/C15H12FNO4/c16-13-6-3-10(14(17)18)7-11(13)8-21-12-4-1-9(2-5-12)15(19)20/h1-7H,8H2,(H2,17,18)(H,19,20). The number of carbonyl (C=O) groups is 2. The summed E-state index contributed by atoms with van der Waals surface area (Å²) in [5, 5.41) is 8.77. The molecular weight excluding hydrogens is 277 g/mol. The summed E-state index contributed by atoms with van der Waals surface area (Å²) in [6.45, 7) is -0.0978. The molecule has 0 saturated carbocycles. The third-order valence-corrected chi connectivity index (χ3v) is 2.83. The van der Waals surface area contributed by atoms with Crippen molar-refractivity contribution >= 4 is 11.9 Å². The number of hydrogen-bond acceptors (Lipinski definition) is 3. The van der Waals surface area contributed by atoms with Gasteiger partial charge in [-0.25, -0.2) is 9.18 Å². The van der Waals surface area contributed by atoms with Gasteiger partial charge < -0.3 is 15.6 Å². The third kappa shape index (κ3) is 3.56. The first-order valence-electron chi connectivity index (χ1n) is 6.02. The van der Waals surface area contributed by atoms with Gasteiger partial charge in [-0.15, -0.1) is 0 Å². The molecule has 0 heterocycles. The Morgan fingerprint density at radius 2 is 1.71 bits per heavy atom. The smallest absolute Gasteiger partial charge is 0.335 e. The SMILES string of the molecule is NC(=O)c1ccc(F)c(COc2ccc(C(=O)O)cc2)c1. The molecule has 0 atom stereocenters. The number of nitrogens with two attached hydrogens (primary N) is 1. The second-order valence-corrected chi connectivity index (χ2v) is 4.29. The number of rotatable bonds is 5. The molecule has 1 amide bonds. The van der Waals surface area contributed by atoms with E-state index in [1.807, 2.05) is 0 Å². The van der Waals surface area contributed by atoms with Crippen molar-refractivity contribution in [2.45, 2.75) is 6.61 Å². The van der Waals surface area contributed by atoms with E-state index in [0.717, 1.165) is 6.07 Å². The average Bonchev–Trinajstić information content (AvgIpc) is 2.46. The number of carboxylic acids is 1. The molecule has 2 rings (SSSR count). The second-order valence-electron chi connectivity index (χ2n) is 4.29. The van der Waals surface area contributed by atoms with Gasteiger partial charge in [-0.05, 0) is 42.5 Å².